The highest BCUT2D eigenvalue weighted by atomic mass is 16.7. The zero-order valence-corrected chi connectivity index (χ0v) is 17.3. The van der Waals surface area contributed by atoms with E-state index in [-0.39, 0.29) is 25.0 Å². The Kier molecular flexibility index (Phi) is 5.25. The number of hydrogen-bond donors (Lipinski definition) is 0. The number of furan rings is 1. The molecule has 1 amide bonds. The van der Waals surface area contributed by atoms with Gasteiger partial charge in [-0.25, -0.2) is 0 Å². The topological polar surface area (TPSA) is 87.2 Å². The van der Waals surface area contributed by atoms with Gasteiger partial charge in [-0.3, -0.25) is 4.79 Å². The highest BCUT2D eigenvalue weighted by Crippen LogP contribution is 2.33. The molecule has 0 fully saturated rings. The minimum absolute atomic E-state index is 0.193. The molecule has 8 heteroatoms. The highest BCUT2D eigenvalue weighted by molar-refractivity contribution is 5.91. The Bertz CT molecular complexity index is 1230. The number of para-hydroxylation sites is 1. The first-order valence-corrected chi connectivity index (χ1v) is 10.0. The van der Waals surface area contributed by atoms with Crippen LogP contribution in [0, 0.1) is 0 Å². The second kappa shape index (κ2) is 8.50. The SMILES string of the molecule is COc1ccccc1-c1cc(CN(Cc2ccc3c(c2)OCO3)C(=O)c2ccco2)no1. The fourth-order valence-corrected chi connectivity index (χ4v) is 3.57. The molecule has 2 aromatic heterocycles. The second-order valence-electron chi connectivity index (χ2n) is 7.21. The van der Waals surface area contributed by atoms with Crippen molar-refractivity contribution in [2.75, 3.05) is 13.9 Å². The largest absolute Gasteiger partial charge is 0.496 e. The molecule has 2 aromatic carbocycles. The summed E-state index contributed by atoms with van der Waals surface area (Å²) >= 11 is 0. The van der Waals surface area contributed by atoms with Crippen molar-refractivity contribution in [2.45, 2.75) is 13.1 Å². The first-order chi connectivity index (χ1) is 15.7. The number of rotatable bonds is 7. The van der Waals surface area contributed by atoms with Gasteiger partial charge in [0.15, 0.2) is 23.0 Å². The van der Waals surface area contributed by atoms with Crippen molar-refractivity contribution in [3.8, 4) is 28.6 Å². The van der Waals surface area contributed by atoms with E-state index in [1.165, 1.54) is 6.26 Å². The van der Waals surface area contributed by atoms with Gasteiger partial charge in [-0.1, -0.05) is 23.4 Å². The number of carbonyl (C=O) groups is 1. The number of ether oxygens (including phenoxy) is 3. The summed E-state index contributed by atoms with van der Waals surface area (Å²) in [5.74, 6) is 2.59. The summed E-state index contributed by atoms with van der Waals surface area (Å²) in [7, 11) is 1.60. The number of nitrogens with zero attached hydrogens (tertiary/aromatic N) is 2. The van der Waals surface area contributed by atoms with Crippen LogP contribution >= 0.6 is 0 Å². The smallest absolute Gasteiger partial charge is 0.290 e. The molecule has 1 aliphatic heterocycles. The van der Waals surface area contributed by atoms with E-state index >= 15 is 0 Å². The molecular formula is C24H20N2O6. The van der Waals surface area contributed by atoms with Crippen molar-refractivity contribution in [1.82, 2.24) is 10.1 Å². The predicted molar refractivity (Wildman–Crippen MR) is 113 cm³/mol. The van der Waals surface area contributed by atoms with Crippen LogP contribution in [0.15, 0.2) is 75.9 Å². The van der Waals surface area contributed by atoms with Gasteiger partial charge in [-0.15, -0.1) is 0 Å². The lowest BCUT2D eigenvalue weighted by Crippen LogP contribution is -2.30. The van der Waals surface area contributed by atoms with Crippen molar-refractivity contribution in [3.05, 3.63) is 83.9 Å². The number of hydrogen-bond acceptors (Lipinski definition) is 7. The lowest BCUT2D eigenvalue weighted by Gasteiger charge is -2.20. The number of amides is 1. The summed E-state index contributed by atoms with van der Waals surface area (Å²) in [5, 5.41) is 4.17. The zero-order chi connectivity index (χ0) is 21.9. The maximum Gasteiger partial charge on any atom is 0.290 e. The minimum atomic E-state index is -0.255. The van der Waals surface area contributed by atoms with E-state index in [1.807, 2.05) is 42.5 Å². The first-order valence-electron chi connectivity index (χ1n) is 10.0. The maximum absolute atomic E-state index is 13.1. The monoisotopic (exact) mass is 432 g/mol. The van der Waals surface area contributed by atoms with Crippen molar-refractivity contribution in [1.29, 1.82) is 0 Å². The fourth-order valence-electron chi connectivity index (χ4n) is 3.57. The van der Waals surface area contributed by atoms with Crippen molar-refractivity contribution in [3.63, 3.8) is 0 Å². The summed E-state index contributed by atoms with van der Waals surface area (Å²) in [4.78, 5) is 14.8. The number of fused-ring (bicyclic) bond motifs is 1. The van der Waals surface area contributed by atoms with E-state index in [0.29, 0.717) is 35.2 Å². The quantitative estimate of drug-likeness (QED) is 0.424. The van der Waals surface area contributed by atoms with Crippen LogP contribution in [0.3, 0.4) is 0 Å². The standard InChI is InChI=1S/C24H20N2O6/c1-28-19-6-3-2-5-18(19)22-12-17(25-32-22)14-26(24(27)21-7-4-10-29-21)13-16-8-9-20-23(11-16)31-15-30-20/h2-12H,13-15H2,1H3. The molecule has 0 radical (unpaired) electrons. The van der Waals surface area contributed by atoms with Gasteiger partial charge in [0.1, 0.15) is 11.4 Å². The second-order valence-corrected chi connectivity index (χ2v) is 7.21. The molecule has 32 heavy (non-hydrogen) atoms. The molecule has 4 aromatic rings. The zero-order valence-electron chi connectivity index (χ0n) is 17.3. The Balaban J connectivity index is 1.41. The lowest BCUT2D eigenvalue weighted by molar-refractivity contribution is 0.0693. The van der Waals surface area contributed by atoms with Gasteiger partial charge in [0.25, 0.3) is 5.91 Å². The molecule has 8 nitrogen and oxygen atoms in total. The van der Waals surface area contributed by atoms with Crippen LogP contribution in [0.2, 0.25) is 0 Å². The summed E-state index contributed by atoms with van der Waals surface area (Å²) in [6, 6.07) is 18.3. The van der Waals surface area contributed by atoms with Gasteiger partial charge in [0, 0.05) is 12.6 Å². The van der Waals surface area contributed by atoms with Crippen molar-refractivity contribution in [2.24, 2.45) is 0 Å². The van der Waals surface area contributed by atoms with E-state index in [4.69, 9.17) is 23.2 Å². The molecule has 162 valence electrons. The van der Waals surface area contributed by atoms with Gasteiger partial charge < -0.3 is 28.1 Å². The number of aromatic nitrogens is 1. The summed E-state index contributed by atoms with van der Waals surface area (Å²) in [6.07, 6.45) is 1.47. The Labute approximate surface area is 183 Å². The molecular weight excluding hydrogens is 412 g/mol. The molecule has 0 atom stereocenters. The average Bonchev–Trinajstić information content (AvgIpc) is 3.60. The molecule has 0 bridgehead atoms. The molecule has 3 heterocycles. The van der Waals surface area contributed by atoms with Gasteiger partial charge >= 0.3 is 0 Å². The predicted octanol–water partition coefficient (Wildman–Crippen LogP) is 4.51. The minimum Gasteiger partial charge on any atom is -0.496 e. The van der Waals surface area contributed by atoms with E-state index < -0.39 is 0 Å². The first kappa shape index (κ1) is 19.7. The van der Waals surface area contributed by atoms with E-state index in [1.54, 1.807) is 30.2 Å². The third-order valence-electron chi connectivity index (χ3n) is 5.11. The average molecular weight is 432 g/mol. The van der Waals surface area contributed by atoms with Crippen LogP contribution in [-0.2, 0) is 13.1 Å². The molecule has 1 aliphatic rings. The van der Waals surface area contributed by atoms with E-state index in [2.05, 4.69) is 5.16 Å². The Morgan fingerprint density at radius 3 is 2.75 bits per heavy atom. The number of carbonyl (C=O) groups excluding carboxylic acids is 1. The summed E-state index contributed by atoms with van der Waals surface area (Å²) in [5.41, 5.74) is 2.28. The Hall–Kier alpha value is -4.20. The van der Waals surface area contributed by atoms with Gasteiger partial charge in [-0.2, -0.15) is 0 Å². The van der Waals surface area contributed by atoms with Gasteiger partial charge in [-0.05, 0) is 42.0 Å². The fraction of sp³-hybridized carbons (Fsp3) is 0.167. The summed E-state index contributed by atoms with van der Waals surface area (Å²) in [6.45, 7) is 0.748. The molecule has 0 N–H and O–H groups in total. The molecule has 0 saturated carbocycles. The third kappa shape index (κ3) is 3.90. The van der Waals surface area contributed by atoms with E-state index in [9.17, 15) is 4.79 Å². The van der Waals surface area contributed by atoms with Crippen molar-refractivity contribution >= 4 is 5.91 Å². The number of benzene rings is 2. The third-order valence-corrected chi connectivity index (χ3v) is 5.11. The van der Waals surface area contributed by atoms with Crippen LogP contribution in [-0.4, -0.2) is 29.9 Å². The molecule has 0 unspecified atom stereocenters. The maximum atomic E-state index is 13.1. The van der Waals surface area contributed by atoms with Crippen molar-refractivity contribution < 1.29 is 27.9 Å². The van der Waals surface area contributed by atoms with Crippen LogP contribution < -0.4 is 14.2 Å². The Morgan fingerprint density at radius 2 is 1.91 bits per heavy atom. The normalized spacial score (nSPS) is 12.0. The van der Waals surface area contributed by atoms with Crippen LogP contribution in [0.25, 0.3) is 11.3 Å². The van der Waals surface area contributed by atoms with E-state index in [0.717, 1.165) is 11.1 Å². The van der Waals surface area contributed by atoms with Crippen LogP contribution in [0.4, 0.5) is 0 Å². The Morgan fingerprint density at radius 1 is 1.03 bits per heavy atom. The molecule has 0 spiro atoms. The molecule has 5 rings (SSSR count). The van der Waals surface area contributed by atoms with Gasteiger partial charge in [0.05, 0.1) is 25.5 Å². The summed E-state index contributed by atoms with van der Waals surface area (Å²) < 4.78 is 27.1. The van der Waals surface area contributed by atoms with Gasteiger partial charge in [0.2, 0.25) is 6.79 Å². The highest BCUT2D eigenvalue weighted by Gasteiger charge is 2.23. The number of methoxy groups -OCH3 is 1. The molecule has 0 saturated heterocycles. The van der Waals surface area contributed by atoms with Crippen LogP contribution in [0.5, 0.6) is 17.2 Å². The van der Waals surface area contributed by atoms with Crippen LogP contribution in [0.1, 0.15) is 21.8 Å². The lowest BCUT2D eigenvalue weighted by atomic mass is 10.1. The molecule has 0 aliphatic carbocycles.